The van der Waals surface area contributed by atoms with Crippen LogP contribution < -0.4 is 11.1 Å². The van der Waals surface area contributed by atoms with E-state index in [0.717, 1.165) is 0 Å². The molecule has 10 heteroatoms. The minimum Gasteiger partial charge on any atom is -0.394 e. The van der Waals surface area contributed by atoms with Crippen molar-refractivity contribution in [1.29, 1.82) is 0 Å². The minimum absolute atomic E-state index is 0.0978. The Balaban J connectivity index is 3.01. The number of aliphatic hydroxyl groups excluding tert-OH is 3. The molecule has 0 spiro atoms. The van der Waals surface area contributed by atoms with Gasteiger partial charge in [0.1, 0.15) is 0 Å². The van der Waals surface area contributed by atoms with Crippen LogP contribution in [0, 0.1) is 5.92 Å². The highest BCUT2D eigenvalue weighted by molar-refractivity contribution is 5.79. The van der Waals surface area contributed by atoms with E-state index in [0.29, 0.717) is 0 Å². The summed E-state index contributed by atoms with van der Waals surface area (Å²) in [4.78, 5) is 3.76. The summed E-state index contributed by atoms with van der Waals surface area (Å²) in [6.07, 6.45) is -3.24. The predicted octanol–water partition coefficient (Wildman–Crippen LogP) is -3.36. The largest absolute Gasteiger partial charge is 0.394 e. The molecule has 2 unspecified atom stereocenters. The third-order valence-corrected chi connectivity index (χ3v) is 3.40. The Hall–Kier alpha value is -1.01. The number of hydrogen-bond donors (Lipinski definition) is 7. The van der Waals surface area contributed by atoms with Crippen molar-refractivity contribution in [1.82, 2.24) is 5.32 Å². The summed E-state index contributed by atoms with van der Waals surface area (Å²) in [5.74, 6) is -3.53. The van der Waals surface area contributed by atoms with E-state index in [2.05, 4.69) is 10.3 Å². The molecule has 1 aliphatic rings. The number of rotatable bonds is 8. The molecule has 0 aromatic heterocycles. The fourth-order valence-electron chi connectivity index (χ4n) is 2.51. The van der Waals surface area contributed by atoms with Crippen LogP contribution in [0.15, 0.2) is 4.99 Å². The Morgan fingerprint density at radius 2 is 2.09 bits per heavy atom. The van der Waals surface area contributed by atoms with Crippen LogP contribution >= 0.6 is 0 Å². The molecule has 8 N–H and O–H groups in total. The van der Waals surface area contributed by atoms with E-state index in [9.17, 15) is 20.4 Å². The lowest BCUT2D eigenvalue weighted by Crippen LogP contribution is -2.65. The molecule has 0 aromatic rings. The first-order chi connectivity index (χ1) is 10.2. The normalized spacial score (nSPS) is 28.7. The van der Waals surface area contributed by atoms with Crippen LogP contribution in [-0.2, 0) is 9.47 Å². The lowest BCUT2D eigenvalue weighted by molar-refractivity contribution is -0.386. The topological polar surface area (TPSA) is 170 Å². The molecule has 0 aromatic carbocycles. The molecule has 0 radical (unpaired) electrons. The van der Waals surface area contributed by atoms with Gasteiger partial charge in [0, 0.05) is 13.0 Å². The Morgan fingerprint density at radius 1 is 1.45 bits per heavy atom. The van der Waals surface area contributed by atoms with Gasteiger partial charge >= 0.3 is 5.97 Å². The van der Waals surface area contributed by atoms with Gasteiger partial charge in [-0.3, -0.25) is 0 Å². The Labute approximate surface area is 128 Å². The van der Waals surface area contributed by atoms with Crippen molar-refractivity contribution in [2.24, 2.45) is 16.6 Å². The molecule has 1 aliphatic heterocycles. The summed E-state index contributed by atoms with van der Waals surface area (Å²) >= 11 is 0. The number of nitrogens with two attached hydrogens (primary N) is 1. The van der Waals surface area contributed by atoms with E-state index in [1.54, 1.807) is 0 Å². The van der Waals surface area contributed by atoms with Crippen LogP contribution in [0.1, 0.15) is 13.3 Å². The maximum Gasteiger partial charge on any atom is 0.307 e. The zero-order chi connectivity index (χ0) is 16.9. The maximum absolute atomic E-state index is 10.0. The van der Waals surface area contributed by atoms with Gasteiger partial charge in [0.15, 0.2) is 18.3 Å². The smallest absolute Gasteiger partial charge is 0.307 e. The quantitative estimate of drug-likeness (QED) is 0.225. The molecule has 0 saturated heterocycles. The second-order valence-corrected chi connectivity index (χ2v) is 5.23. The second kappa shape index (κ2) is 8.02. The first kappa shape index (κ1) is 19.0. The van der Waals surface area contributed by atoms with Crippen molar-refractivity contribution in [2.45, 2.75) is 43.8 Å². The summed E-state index contributed by atoms with van der Waals surface area (Å²) in [5.41, 5.74) is 5.56. The van der Waals surface area contributed by atoms with E-state index in [1.165, 1.54) is 14.0 Å². The van der Waals surface area contributed by atoms with Gasteiger partial charge in [-0.2, -0.15) is 0 Å². The summed E-state index contributed by atoms with van der Waals surface area (Å²) < 4.78 is 9.87. The molecule has 0 aliphatic carbocycles. The van der Waals surface area contributed by atoms with Crippen LogP contribution in [0.5, 0.6) is 0 Å². The number of ether oxygens (including phenoxy) is 2. The lowest BCUT2D eigenvalue weighted by Gasteiger charge is -2.42. The number of aliphatic hydroxyl groups is 5. The van der Waals surface area contributed by atoms with Gasteiger partial charge in [-0.25, -0.2) is 4.99 Å². The fraction of sp³-hybridized carbons (Fsp3) is 0.917. The number of hydrogen-bond acceptors (Lipinski definition) is 10. The van der Waals surface area contributed by atoms with Gasteiger partial charge in [0.05, 0.1) is 25.4 Å². The lowest BCUT2D eigenvalue weighted by atomic mass is 9.86. The van der Waals surface area contributed by atoms with Crippen molar-refractivity contribution >= 4 is 5.96 Å². The number of nitrogens with one attached hydrogen (secondary N) is 1. The van der Waals surface area contributed by atoms with Crippen molar-refractivity contribution in [2.75, 3.05) is 20.3 Å². The number of guanidine groups is 1. The maximum atomic E-state index is 10.0. The monoisotopic (exact) mass is 323 g/mol. The van der Waals surface area contributed by atoms with Crippen molar-refractivity contribution in [3.8, 4) is 0 Å². The summed E-state index contributed by atoms with van der Waals surface area (Å²) in [6.45, 7) is 0.786. The summed E-state index contributed by atoms with van der Waals surface area (Å²) in [5, 5.41) is 51.1. The summed E-state index contributed by atoms with van der Waals surface area (Å²) in [6, 6.07) is -0.888. The van der Waals surface area contributed by atoms with Gasteiger partial charge in [0.25, 0.3) is 0 Å². The fourth-order valence-corrected chi connectivity index (χ4v) is 2.51. The number of nitrogens with zero attached hydrogens (tertiary/aromatic N) is 1. The Kier molecular flexibility index (Phi) is 6.94. The summed E-state index contributed by atoms with van der Waals surface area (Å²) in [7, 11) is 1.23. The number of aliphatic imine (C=N–C) groups is 1. The van der Waals surface area contributed by atoms with Crippen LogP contribution in [0.2, 0.25) is 0 Å². The van der Waals surface area contributed by atoms with E-state index < -0.39 is 43.0 Å². The third kappa shape index (κ3) is 4.74. The van der Waals surface area contributed by atoms with Crippen LogP contribution in [0.25, 0.3) is 0 Å². The molecule has 10 nitrogen and oxygen atoms in total. The molecule has 0 bridgehead atoms. The van der Waals surface area contributed by atoms with Crippen LogP contribution in [0.3, 0.4) is 0 Å². The zero-order valence-electron chi connectivity index (χ0n) is 12.6. The van der Waals surface area contributed by atoms with E-state index >= 15 is 0 Å². The van der Waals surface area contributed by atoms with Gasteiger partial charge in [-0.1, -0.05) is 0 Å². The molecule has 130 valence electrons. The average Bonchev–Trinajstić information content (AvgIpc) is 2.40. The molecule has 1 heterocycles. The van der Waals surface area contributed by atoms with E-state index in [-0.39, 0.29) is 19.0 Å². The van der Waals surface area contributed by atoms with Crippen molar-refractivity contribution in [3.05, 3.63) is 0 Å². The average molecular weight is 323 g/mol. The Morgan fingerprint density at radius 3 is 2.59 bits per heavy atom. The molecule has 5 atom stereocenters. The van der Waals surface area contributed by atoms with Gasteiger partial charge in [0.2, 0.25) is 0 Å². The Bertz CT molecular complexity index is 378. The van der Waals surface area contributed by atoms with Gasteiger partial charge in [-0.15, -0.1) is 0 Å². The zero-order valence-corrected chi connectivity index (χ0v) is 12.6. The van der Waals surface area contributed by atoms with E-state index in [1.807, 2.05) is 0 Å². The molecular formula is C12H25N3O7. The van der Waals surface area contributed by atoms with Gasteiger partial charge in [-0.05, 0) is 13.3 Å². The molecule has 0 amide bonds. The van der Waals surface area contributed by atoms with Gasteiger partial charge < -0.3 is 46.1 Å². The molecule has 1 rings (SSSR count). The first-order valence-corrected chi connectivity index (χ1v) is 6.91. The third-order valence-electron chi connectivity index (χ3n) is 3.40. The highest BCUT2D eigenvalue weighted by atomic mass is 16.8. The second-order valence-electron chi connectivity index (χ2n) is 5.23. The SMILES string of the molecule is CO[C@@H](C1NC(N)=N[C@H](O)[C@H]1CC(C)O)C(O)(O)OCCO. The minimum atomic E-state index is -2.73. The van der Waals surface area contributed by atoms with Crippen molar-refractivity contribution < 1.29 is 35.0 Å². The first-order valence-electron chi connectivity index (χ1n) is 6.91. The molecular weight excluding hydrogens is 298 g/mol. The predicted molar refractivity (Wildman–Crippen MR) is 75.3 cm³/mol. The van der Waals surface area contributed by atoms with Crippen molar-refractivity contribution in [3.63, 3.8) is 0 Å². The molecule has 0 saturated carbocycles. The van der Waals surface area contributed by atoms with Crippen LogP contribution in [-0.4, -0.2) is 82.3 Å². The van der Waals surface area contributed by atoms with E-state index in [4.69, 9.17) is 20.3 Å². The number of methoxy groups -OCH3 is 1. The standard InChI is InChI=1S/C12H25N3O7/c1-6(17)5-7-8(14-11(13)15-10(7)18)9(21-2)12(19,20)22-4-3-16/h6-10,16-20H,3-5H2,1-2H3,(H3,13,14,15)/t6?,7-,8?,9-,10+/m0/s1. The molecule has 22 heavy (non-hydrogen) atoms. The molecule has 0 fully saturated rings. The highest BCUT2D eigenvalue weighted by Gasteiger charge is 2.48. The van der Waals surface area contributed by atoms with Crippen LogP contribution in [0.4, 0.5) is 0 Å². The highest BCUT2D eigenvalue weighted by Crippen LogP contribution is 2.28.